The smallest absolute Gasteiger partial charge is 0.312 e. The Hall–Kier alpha value is -1.71. The van der Waals surface area contributed by atoms with Crippen LogP contribution in [-0.2, 0) is 9.53 Å². The summed E-state index contributed by atoms with van der Waals surface area (Å²) >= 11 is 0. The Labute approximate surface area is 127 Å². The van der Waals surface area contributed by atoms with E-state index in [0.717, 1.165) is 19.4 Å². The normalized spacial score (nSPS) is 26.3. The second kappa shape index (κ2) is 8.55. The molecule has 21 heavy (non-hydrogen) atoms. The molecule has 1 aliphatic heterocycles. The van der Waals surface area contributed by atoms with E-state index >= 15 is 0 Å². The first-order chi connectivity index (χ1) is 9.97. The van der Waals surface area contributed by atoms with Crippen molar-refractivity contribution >= 4 is 5.97 Å². The third-order valence-electron chi connectivity index (χ3n) is 3.80. The fraction of sp³-hybridized carbons (Fsp3) is 0.588. The summed E-state index contributed by atoms with van der Waals surface area (Å²) in [6.07, 6.45) is 9.94. The zero-order chi connectivity index (χ0) is 15.8. The number of carbonyl (C=O) groups is 1. The second-order valence-corrected chi connectivity index (χ2v) is 5.61. The van der Waals surface area contributed by atoms with Crippen LogP contribution in [0.4, 0.5) is 0 Å². The molecule has 4 heteroatoms. The quantitative estimate of drug-likeness (QED) is 0.623. The summed E-state index contributed by atoms with van der Waals surface area (Å²) in [5.41, 5.74) is 1.29. The maximum absolute atomic E-state index is 11.5. The molecule has 2 unspecified atom stereocenters. The highest BCUT2D eigenvalue weighted by Crippen LogP contribution is 2.21. The van der Waals surface area contributed by atoms with Gasteiger partial charge in [0.15, 0.2) is 0 Å². The molecule has 1 N–H and O–H groups in total. The summed E-state index contributed by atoms with van der Waals surface area (Å²) in [6.45, 7) is 5.03. The van der Waals surface area contributed by atoms with E-state index in [1.165, 1.54) is 12.7 Å². The van der Waals surface area contributed by atoms with Gasteiger partial charge >= 0.3 is 5.97 Å². The first-order valence-corrected chi connectivity index (χ1v) is 7.51. The van der Waals surface area contributed by atoms with Gasteiger partial charge in [-0.3, -0.25) is 4.79 Å². The molecule has 0 bridgehead atoms. The van der Waals surface area contributed by atoms with Gasteiger partial charge in [0.2, 0.25) is 0 Å². The van der Waals surface area contributed by atoms with Crippen molar-refractivity contribution in [2.45, 2.75) is 33.1 Å². The SMILES string of the molecule is CCC(/C=C\C/C1=C/C/C(O)=C\N(C)CC1C)C(=O)OC. The summed E-state index contributed by atoms with van der Waals surface area (Å²) in [5, 5.41) is 9.74. The van der Waals surface area contributed by atoms with Crippen molar-refractivity contribution in [3.8, 4) is 0 Å². The number of nitrogens with zero attached hydrogens (tertiary/aromatic N) is 1. The molecule has 1 aliphatic rings. The summed E-state index contributed by atoms with van der Waals surface area (Å²) in [7, 11) is 3.39. The van der Waals surface area contributed by atoms with Gasteiger partial charge in [-0.1, -0.05) is 37.6 Å². The highest BCUT2D eigenvalue weighted by molar-refractivity contribution is 5.74. The van der Waals surface area contributed by atoms with Crippen LogP contribution in [0.2, 0.25) is 0 Å². The van der Waals surface area contributed by atoms with Crippen molar-refractivity contribution in [1.29, 1.82) is 0 Å². The number of rotatable bonds is 5. The van der Waals surface area contributed by atoms with Crippen LogP contribution in [0.5, 0.6) is 0 Å². The summed E-state index contributed by atoms with van der Waals surface area (Å²) in [5.74, 6) is 0.443. The van der Waals surface area contributed by atoms with E-state index in [2.05, 4.69) is 13.0 Å². The van der Waals surface area contributed by atoms with Gasteiger partial charge < -0.3 is 14.7 Å². The van der Waals surface area contributed by atoms with E-state index in [1.54, 1.807) is 6.20 Å². The third-order valence-corrected chi connectivity index (χ3v) is 3.80. The molecular weight excluding hydrogens is 266 g/mol. The highest BCUT2D eigenvalue weighted by atomic mass is 16.5. The molecule has 0 fully saturated rings. The Kier molecular flexibility index (Phi) is 7.06. The second-order valence-electron chi connectivity index (χ2n) is 5.61. The van der Waals surface area contributed by atoms with Crippen molar-refractivity contribution < 1.29 is 14.6 Å². The van der Waals surface area contributed by atoms with Crippen molar-refractivity contribution in [3.05, 3.63) is 35.8 Å². The predicted molar refractivity (Wildman–Crippen MR) is 84.8 cm³/mol. The molecule has 0 aromatic heterocycles. The van der Waals surface area contributed by atoms with Gasteiger partial charge in [0.05, 0.1) is 13.0 Å². The summed E-state index contributed by atoms with van der Waals surface area (Å²) in [4.78, 5) is 13.6. The van der Waals surface area contributed by atoms with E-state index in [-0.39, 0.29) is 11.9 Å². The first-order valence-electron chi connectivity index (χ1n) is 7.51. The van der Waals surface area contributed by atoms with Crippen LogP contribution in [0, 0.1) is 11.8 Å². The number of esters is 1. The average molecular weight is 293 g/mol. The predicted octanol–water partition coefficient (Wildman–Crippen LogP) is 3.43. The Morgan fingerprint density at radius 1 is 1.62 bits per heavy atom. The molecule has 0 saturated heterocycles. The Bertz CT molecular complexity index is 437. The zero-order valence-corrected chi connectivity index (χ0v) is 13.5. The van der Waals surface area contributed by atoms with Gasteiger partial charge in [-0.15, -0.1) is 0 Å². The number of carbonyl (C=O) groups excluding carboxylic acids is 1. The van der Waals surface area contributed by atoms with Crippen LogP contribution in [0.25, 0.3) is 0 Å². The van der Waals surface area contributed by atoms with E-state index in [0.29, 0.717) is 18.1 Å². The summed E-state index contributed by atoms with van der Waals surface area (Å²) < 4.78 is 4.78. The number of aliphatic hydroxyl groups is 1. The molecule has 0 aromatic rings. The molecule has 0 saturated carbocycles. The molecule has 1 heterocycles. The Morgan fingerprint density at radius 3 is 2.95 bits per heavy atom. The number of hydrogen-bond donors (Lipinski definition) is 1. The summed E-state index contributed by atoms with van der Waals surface area (Å²) in [6, 6.07) is 0. The van der Waals surface area contributed by atoms with Crippen molar-refractivity contribution in [3.63, 3.8) is 0 Å². The van der Waals surface area contributed by atoms with E-state index < -0.39 is 0 Å². The molecule has 2 atom stereocenters. The van der Waals surface area contributed by atoms with Gasteiger partial charge in [0.25, 0.3) is 0 Å². The molecule has 4 nitrogen and oxygen atoms in total. The molecule has 0 aromatic carbocycles. The third kappa shape index (κ3) is 5.66. The fourth-order valence-corrected chi connectivity index (χ4v) is 2.53. The maximum Gasteiger partial charge on any atom is 0.312 e. The van der Waals surface area contributed by atoms with E-state index in [1.807, 2.05) is 31.0 Å². The Balaban J connectivity index is 2.69. The Morgan fingerprint density at radius 2 is 2.33 bits per heavy atom. The lowest BCUT2D eigenvalue weighted by Gasteiger charge is -2.24. The van der Waals surface area contributed by atoms with Crippen LogP contribution >= 0.6 is 0 Å². The molecule has 0 amide bonds. The number of aliphatic hydroxyl groups excluding tert-OH is 1. The number of hydrogen-bond acceptors (Lipinski definition) is 4. The number of ether oxygens (including phenoxy) is 1. The lowest BCUT2D eigenvalue weighted by atomic mass is 9.94. The topological polar surface area (TPSA) is 49.8 Å². The number of allylic oxidation sites excluding steroid dienone is 2. The van der Waals surface area contributed by atoms with Gasteiger partial charge in [-0.05, 0) is 18.8 Å². The standard InChI is InChI=1S/C17H27NO3/c1-5-14(17(20)21-4)7-6-8-15-9-10-16(19)12-18(3)11-13(15)2/h6-7,9,12-14,19H,5,8,10-11H2,1-4H3/b7-6-,15-9-,16-12+. The van der Waals surface area contributed by atoms with Crippen molar-refractivity contribution in [2.24, 2.45) is 11.8 Å². The molecule has 0 radical (unpaired) electrons. The minimum atomic E-state index is -0.186. The highest BCUT2D eigenvalue weighted by Gasteiger charge is 2.15. The maximum atomic E-state index is 11.5. The lowest BCUT2D eigenvalue weighted by molar-refractivity contribution is -0.143. The fourth-order valence-electron chi connectivity index (χ4n) is 2.53. The van der Waals surface area contributed by atoms with Crippen LogP contribution in [0.15, 0.2) is 35.8 Å². The first kappa shape index (κ1) is 17.3. The van der Waals surface area contributed by atoms with Crippen LogP contribution in [-0.4, -0.2) is 36.7 Å². The van der Waals surface area contributed by atoms with Crippen LogP contribution in [0.3, 0.4) is 0 Å². The van der Waals surface area contributed by atoms with Crippen molar-refractivity contribution in [1.82, 2.24) is 4.90 Å². The van der Waals surface area contributed by atoms with Gasteiger partial charge in [-0.2, -0.15) is 0 Å². The molecule has 0 spiro atoms. The zero-order valence-electron chi connectivity index (χ0n) is 13.5. The minimum absolute atomic E-state index is 0.171. The molecular formula is C17H27NO3. The van der Waals surface area contributed by atoms with Gasteiger partial charge in [0.1, 0.15) is 5.76 Å². The van der Waals surface area contributed by atoms with E-state index in [4.69, 9.17) is 4.74 Å². The number of methoxy groups -OCH3 is 1. The molecule has 1 rings (SSSR count). The lowest BCUT2D eigenvalue weighted by Crippen LogP contribution is -2.22. The molecule has 118 valence electrons. The minimum Gasteiger partial charge on any atom is -0.510 e. The van der Waals surface area contributed by atoms with Crippen molar-refractivity contribution in [2.75, 3.05) is 20.7 Å². The van der Waals surface area contributed by atoms with Gasteiger partial charge in [-0.25, -0.2) is 0 Å². The van der Waals surface area contributed by atoms with Crippen LogP contribution < -0.4 is 0 Å². The van der Waals surface area contributed by atoms with E-state index in [9.17, 15) is 9.90 Å². The average Bonchev–Trinajstić information content (AvgIpc) is 2.44. The monoisotopic (exact) mass is 293 g/mol. The largest absolute Gasteiger partial charge is 0.510 e. The molecule has 0 aliphatic carbocycles. The van der Waals surface area contributed by atoms with Gasteiger partial charge in [0, 0.05) is 26.2 Å². The van der Waals surface area contributed by atoms with Crippen LogP contribution in [0.1, 0.15) is 33.1 Å².